The first-order valence-electron chi connectivity index (χ1n) is 8.67. The lowest BCUT2D eigenvalue weighted by Crippen LogP contribution is -2.44. The van der Waals surface area contributed by atoms with Crippen LogP contribution in [-0.2, 0) is 4.79 Å². The average Bonchev–Trinajstić information content (AvgIpc) is 2.99. The molecule has 2 amide bonds. The van der Waals surface area contributed by atoms with Crippen molar-refractivity contribution in [3.8, 4) is 11.4 Å². The largest absolute Gasteiger partial charge is 0.484 e. The Bertz CT molecular complexity index is 999. The Balaban J connectivity index is 1.60. The number of hydrogen-bond acceptors (Lipinski definition) is 3. The SMILES string of the molecule is Cc1cc(C(=O)NNC(=O)COc2cccc(F)c2)c(C)n1-c1ccccc1. The number of halogens is 1. The zero-order valence-corrected chi connectivity index (χ0v) is 15.5. The molecule has 0 saturated heterocycles. The third-order valence-electron chi connectivity index (χ3n) is 4.17. The highest BCUT2D eigenvalue weighted by Gasteiger charge is 2.17. The van der Waals surface area contributed by atoms with E-state index in [1.54, 1.807) is 6.07 Å². The highest BCUT2D eigenvalue weighted by atomic mass is 19.1. The van der Waals surface area contributed by atoms with Gasteiger partial charge < -0.3 is 9.30 Å². The number of aromatic nitrogens is 1. The Hall–Kier alpha value is -3.61. The number of nitrogens with one attached hydrogen (secondary N) is 2. The molecule has 28 heavy (non-hydrogen) atoms. The Morgan fingerprint density at radius 1 is 1.00 bits per heavy atom. The third-order valence-corrected chi connectivity index (χ3v) is 4.17. The smallest absolute Gasteiger partial charge is 0.276 e. The number of ether oxygens (including phenoxy) is 1. The van der Waals surface area contributed by atoms with Crippen LogP contribution in [0.1, 0.15) is 21.7 Å². The molecule has 144 valence electrons. The van der Waals surface area contributed by atoms with E-state index in [4.69, 9.17) is 4.74 Å². The Labute approximate surface area is 161 Å². The maximum Gasteiger partial charge on any atom is 0.276 e. The summed E-state index contributed by atoms with van der Waals surface area (Å²) in [6, 6.07) is 16.9. The third kappa shape index (κ3) is 4.37. The lowest BCUT2D eigenvalue weighted by molar-refractivity contribution is -0.123. The topological polar surface area (TPSA) is 72.4 Å². The zero-order chi connectivity index (χ0) is 20.1. The number of hydrogen-bond donors (Lipinski definition) is 2. The number of carbonyl (C=O) groups excluding carboxylic acids is 2. The van der Waals surface area contributed by atoms with E-state index in [9.17, 15) is 14.0 Å². The van der Waals surface area contributed by atoms with Crippen LogP contribution in [0.2, 0.25) is 0 Å². The number of nitrogens with zero attached hydrogens (tertiary/aromatic N) is 1. The number of para-hydroxylation sites is 1. The number of hydrazine groups is 1. The quantitative estimate of drug-likeness (QED) is 0.667. The minimum Gasteiger partial charge on any atom is -0.484 e. The van der Waals surface area contributed by atoms with Gasteiger partial charge in [0.25, 0.3) is 11.8 Å². The second-order valence-electron chi connectivity index (χ2n) is 6.20. The summed E-state index contributed by atoms with van der Waals surface area (Å²) in [5.74, 6) is -1.23. The Morgan fingerprint density at radius 2 is 1.75 bits per heavy atom. The van der Waals surface area contributed by atoms with Gasteiger partial charge in [-0.3, -0.25) is 20.4 Å². The molecule has 3 rings (SSSR count). The maximum absolute atomic E-state index is 13.1. The van der Waals surface area contributed by atoms with Crippen molar-refractivity contribution in [1.82, 2.24) is 15.4 Å². The van der Waals surface area contributed by atoms with Crippen molar-refractivity contribution in [3.05, 3.63) is 83.4 Å². The van der Waals surface area contributed by atoms with E-state index < -0.39 is 17.6 Å². The van der Waals surface area contributed by atoms with Crippen molar-refractivity contribution in [2.45, 2.75) is 13.8 Å². The lowest BCUT2D eigenvalue weighted by atomic mass is 10.2. The molecule has 2 N–H and O–H groups in total. The van der Waals surface area contributed by atoms with Gasteiger partial charge in [-0.05, 0) is 44.2 Å². The first-order valence-corrected chi connectivity index (χ1v) is 8.67. The molecule has 2 aromatic carbocycles. The zero-order valence-electron chi connectivity index (χ0n) is 15.5. The summed E-state index contributed by atoms with van der Waals surface area (Å²) >= 11 is 0. The van der Waals surface area contributed by atoms with Gasteiger partial charge in [-0.2, -0.15) is 0 Å². The minimum atomic E-state index is -0.561. The molecule has 0 bridgehead atoms. The summed E-state index contributed by atoms with van der Waals surface area (Å²) in [4.78, 5) is 24.3. The van der Waals surface area contributed by atoms with Crippen molar-refractivity contribution >= 4 is 11.8 Å². The van der Waals surface area contributed by atoms with Gasteiger partial charge in [0.15, 0.2) is 6.61 Å². The maximum atomic E-state index is 13.1. The summed E-state index contributed by atoms with van der Waals surface area (Å²) in [6.07, 6.45) is 0. The molecule has 0 saturated carbocycles. The Kier molecular flexibility index (Phi) is 5.74. The van der Waals surface area contributed by atoms with Crippen LogP contribution in [0.3, 0.4) is 0 Å². The normalized spacial score (nSPS) is 10.4. The van der Waals surface area contributed by atoms with Crippen LogP contribution in [0.5, 0.6) is 5.75 Å². The number of benzene rings is 2. The molecule has 0 fully saturated rings. The van der Waals surface area contributed by atoms with E-state index in [-0.39, 0.29) is 12.4 Å². The average molecular weight is 381 g/mol. The van der Waals surface area contributed by atoms with Crippen LogP contribution in [0.15, 0.2) is 60.7 Å². The molecular weight excluding hydrogens is 361 g/mol. The molecule has 0 aliphatic carbocycles. The summed E-state index contributed by atoms with van der Waals surface area (Å²) < 4.78 is 20.2. The van der Waals surface area contributed by atoms with Crippen molar-refractivity contribution in [1.29, 1.82) is 0 Å². The van der Waals surface area contributed by atoms with Crippen LogP contribution < -0.4 is 15.6 Å². The van der Waals surface area contributed by atoms with Crippen LogP contribution in [-0.4, -0.2) is 23.0 Å². The van der Waals surface area contributed by atoms with Gasteiger partial charge in [-0.1, -0.05) is 24.3 Å². The Morgan fingerprint density at radius 3 is 2.46 bits per heavy atom. The van der Waals surface area contributed by atoms with E-state index in [1.165, 1.54) is 24.3 Å². The number of amides is 2. The molecular formula is C21H20FN3O3. The van der Waals surface area contributed by atoms with E-state index in [2.05, 4.69) is 10.9 Å². The number of carbonyl (C=O) groups is 2. The van der Waals surface area contributed by atoms with Gasteiger partial charge >= 0.3 is 0 Å². The molecule has 1 heterocycles. The molecule has 3 aromatic rings. The molecule has 0 unspecified atom stereocenters. The second-order valence-corrected chi connectivity index (χ2v) is 6.20. The first-order chi connectivity index (χ1) is 13.5. The summed E-state index contributed by atoms with van der Waals surface area (Å²) in [6.45, 7) is 3.39. The monoisotopic (exact) mass is 381 g/mol. The molecule has 7 heteroatoms. The number of aryl methyl sites for hydroxylation is 1. The van der Waals surface area contributed by atoms with Gasteiger partial charge in [-0.15, -0.1) is 0 Å². The van der Waals surface area contributed by atoms with Crippen molar-refractivity contribution in [2.24, 2.45) is 0 Å². The summed E-state index contributed by atoms with van der Waals surface area (Å²) in [7, 11) is 0. The standard InChI is InChI=1S/C21H20FN3O3/c1-14-11-19(15(2)25(14)17-8-4-3-5-9-17)21(27)24-23-20(26)13-28-18-10-6-7-16(22)12-18/h3-12H,13H2,1-2H3,(H,23,26)(H,24,27). The van der Waals surface area contributed by atoms with Crippen molar-refractivity contribution in [3.63, 3.8) is 0 Å². The minimum absolute atomic E-state index is 0.230. The van der Waals surface area contributed by atoms with Crippen LogP contribution in [0.4, 0.5) is 4.39 Å². The highest BCUT2D eigenvalue weighted by Crippen LogP contribution is 2.20. The van der Waals surface area contributed by atoms with E-state index in [0.717, 1.165) is 17.1 Å². The van der Waals surface area contributed by atoms with E-state index in [0.29, 0.717) is 5.56 Å². The van der Waals surface area contributed by atoms with Crippen LogP contribution >= 0.6 is 0 Å². The molecule has 0 radical (unpaired) electrons. The predicted molar refractivity (Wildman–Crippen MR) is 103 cm³/mol. The van der Waals surface area contributed by atoms with Crippen molar-refractivity contribution in [2.75, 3.05) is 6.61 Å². The highest BCUT2D eigenvalue weighted by molar-refractivity contribution is 5.97. The van der Waals surface area contributed by atoms with Crippen LogP contribution in [0, 0.1) is 19.7 Å². The van der Waals surface area contributed by atoms with Gasteiger partial charge in [0.05, 0.1) is 5.56 Å². The molecule has 6 nitrogen and oxygen atoms in total. The fourth-order valence-electron chi connectivity index (χ4n) is 2.90. The molecule has 0 spiro atoms. The summed E-state index contributed by atoms with van der Waals surface area (Å²) in [5, 5.41) is 0. The molecule has 0 aliphatic rings. The predicted octanol–water partition coefficient (Wildman–Crippen LogP) is 3.07. The molecule has 0 aliphatic heterocycles. The van der Waals surface area contributed by atoms with Gasteiger partial charge in [0, 0.05) is 23.1 Å². The summed E-state index contributed by atoms with van der Waals surface area (Å²) in [5.41, 5.74) is 7.72. The van der Waals surface area contributed by atoms with Crippen LogP contribution in [0.25, 0.3) is 5.69 Å². The molecule has 1 aromatic heterocycles. The van der Waals surface area contributed by atoms with Gasteiger partial charge in [0.1, 0.15) is 11.6 Å². The fourth-order valence-corrected chi connectivity index (χ4v) is 2.90. The fraction of sp³-hybridized carbons (Fsp3) is 0.143. The van der Waals surface area contributed by atoms with E-state index in [1.807, 2.05) is 48.7 Å². The first kappa shape index (κ1) is 19.2. The van der Waals surface area contributed by atoms with Gasteiger partial charge in [-0.25, -0.2) is 4.39 Å². The number of rotatable bonds is 5. The second kappa shape index (κ2) is 8.39. The lowest BCUT2D eigenvalue weighted by Gasteiger charge is -2.11. The van der Waals surface area contributed by atoms with Gasteiger partial charge in [0.2, 0.25) is 0 Å². The molecule has 0 atom stereocenters. The van der Waals surface area contributed by atoms with Crippen molar-refractivity contribution < 1.29 is 18.7 Å². The van der Waals surface area contributed by atoms with E-state index >= 15 is 0 Å².